The van der Waals surface area contributed by atoms with Crippen LogP contribution in [0, 0.1) is 5.92 Å². The molecular weight excluding hydrogens is 438 g/mol. The summed E-state index contributed by atoms with van der Waals surface area (Å²) in [6, 6.07) is 14.3. The second-order valence-electron chi connectivity index (χ2n) is 8.79. The summed E-state index contributed by atoms with van der Waals surface area (Å²) >= 11 is 5.92. The van der Waals surface area contributed by atoms with E-state index in [2.05, 4.69) is 11.8 Å². The highest BCUT2D eigenvalue weighted by Crippen LogP contribution is 2.22. The van der Waals surface area contributed by atoms with Crippen LogP contribution in [0.4, 0.5) is 0 Å². The number of nitrogens with zero attached hydrogens (tertiary/aromatic N) is 1. The highest BCUT2D eigenvalue weighted by molar-refractivity contribution is 6.30. The lowest BCUT2D eigenvalue weighted by molar-refractivity contribution is -0.147. The van der Waals surface area contributed by atoms with Crippen molar-refractivity contribution in [1.82, 2.24) is 4.90 Å². The van der Waals surface area contributed by atoms with Crippen molar-refractivity contribution < 1.29 is 19.1 Å². The summed E-state index contributed by atoms with van der Waals surface area (Å²) in [6.07, 6.45) is 5.17. The van der Waals surface area contributed by atoms with Gasteiger partial charge in [-0.2, -0.15) is 0 Å². The van der Waals surface area contributed by atoms with E-state index < -0.39 is 0 Å². The Hall–Kier alpha value is -2.37. The lowest BCUT2D eigenvalue weighted by atomic mass is 9.97. The monoisotopic (exact) mass is 471 g/mol. The first-order valence-corrected chi connectivity index (χ1v) is 12.2. The van der Waals surface area contributed by atoms with Gasteiger partial charge in [0.2, 0.25) is 0 Å². The second-order valence-corrected chi connectivity index (χ2v) is 9.23. The molecule has 2 aromatic rings. The van der Waals surface area contributed by atoms with Gasteiger partial charge in [0.05, 0.1) is 6.61 Å². The summed E-state index contributed by atoms with van der Waals surface area (Å²) in [5.74, 6) is 0.943. The van der Waals surface area contributed by atoms with Crippen LogP contribution < -0.4 is 4.74 Å². The van der Waals surface area contributed by atoms with Crippen LogP contribution in [-0.2, 0) is 9.53 Å². The Kier molecular flexibility index (Phi) is 9.76. The number of ketones is 1. The molecule has 0 amide bonds. The Morgan fingerprint density at radius 1 is 1.09 bits per heavy atom. The van der Waals surface area contributed by atoms with E-state index >= 15 is 0 Å². The lowest BCUT2D eigenvalue weighted by Gasteiger charge is -2.34. The predicted octanol–water partition coefficient (Wildman–Crippen LogP) is 5.78. The average Bonchev–Trinajstić information content (AvgIpc) is 2.82. The number of esters is 1. The van der Waals surface area contributed by atoms with Gasteiger partial charge in [-0.3, -0.25) is 14.5 Å². The minimum absolute atomic E-state index is 0.0174. The molecule has 1 fully saturated rings. The van der Waals surface area contributed by atoms with Gasteiger partial charge in [0.15, 0.2) is 5.78 Å². The fourth-order valence-corrected chi connectivity index (χ4v) is 4.31. The van der Waals surface area contributed by atoms with Crippen molar-refractivity contribution in [3.8, 4) is 5.75 Å². The first-order chi connectivity index (χ1) is 15.9. The van der Waals surface area contributed by atoms with Gasteiger partial charge >= 0.3 is 5.97 Å². The van der Waals surface area contributed by atoms with Crippen molar-refractivity contribution in [2.75, 3.05) is 26.2 Å². The van der Waals surface area contributed by atoms with E-state index in [0.29, 0.717) is 34.4 Å². The molecule has 1 aliphatic heterocycles. The van der Waals surface area contributed by atoms with Crippen LogP contribution in [0.5, 0.6) is 5.75 Å². The van der Waals surface area contributed by atoms with E-state index in [1.165, 1.54) is 6.92 Å². The van der Waals surface area contributed by atoms with Crippen LogP contribution in [0.15, 0.2) is 48.5 Å². The summed E-state index contributed by atoms with van der Waals surface area (Å²) in [7, 11) is 0. The standard InChI is InChI=1S/C27H34ClNO4/c1-3-4-7-26(33-20(2)30)18-29-15-13-21(14-16-29)19-32-25-8-5-6-23(17-25)27(31)22-9-11-24(28)12-10-22/h5-6,8-12,17,21,26H,3-4,7,13-16,18-19H2,1-2H3/t26-/m0/s1. The molecule has 5 nitrogen and oxygen atoms in total. The third-order valence-electron chi connectivity index (χ3n) is 6.07. The van der Waals surface area contributed by atoms with E-state index in [1.807, 2.05) is 18.2 Å². The maximum absolute atomic E-state index is 12.7. The summed E-state index contributed by atoms with van der Waals surface area (Å²) < 4.78 is 11.6. The number of ether oxygens (including phenoxy) is 2. The van der Waals surface area contributed by atoms with E-state index in [9.17, 15) is 9.59 Å². The topological polar surface area (TPSA) is 55.8 Å². The maximum atomic E-state index is 12.7. The summed E-state index contributed by atoms with van der Waals surface area (Å²) in [5.41, 5.74) is 1.21. The number of likely N-dealkylation sites (tertiary alicyclic amines) is 1. The Balaban J connectivity index is 1.47. The highest BCUT2D eigenvalue weighted by Gasteiger charge is 2.23. The van der Waals surface area contributed by atoms with Crippen LogP contribution in [0.2, 0.25) is 5.02 Å². The first kappa shape index (κ1) is 25.3. The largest absolute Gasteiger partial charge is 0.493 e. The molecule has 1 saturated heterocycles. The van der Waals surface area contributed by atoms with E-state index in [-0.39, 0.29) is 17.9 Å². The quantitative estimate of drug-likeness (QED) is 0.307. The third kappa shape index (κ3) is 8.17. The van der Waals surface area contributed by atoms with Crippen LogP contribution in [0.1, 0.15) is 61.9 Å². The molecule has 0 unspecified atom stereocenters. The normalized spacial score (nSPS) is 15.7. The van der Waals surface area contributed by atoms with E-state index in [1.54, 1.807) is 30.3 Å². The van der Waals surface area contributed by atoms with Crippen LogP contribution in [0.3, 0.4) is 0 Å². The van der Waals surface area contributed by atoms with E-state index in [0.717, 1.165) is 51.7 Å². The Labute approximate surface area is 202 Å². The average molecular weight is 472 g/mol. The van der Waals surface area contributed by atoms with Crippen molar-refractivity contribution >= 4 is 23.4 Å². The molecule has 1 heterocycles. The first-order valence-electron chi connectivity index (χ1n) is 11.9. The zero-order valence-corrected chi connectivity index (χ0v) is 20.4. The second kappa shape index (κ2) is 12.8. The number of carbonyl (C=O) groups is 2. The Morgan fingerprint density at radius 2 is 1.82 bits per heavy atom. The number of benzene rings is 2. The molecule has 0 bridgehead atoms. The van der Waals surface area contributed by atoms with Gasteiger partial charge in [0.1, 0.15) is 11.9 Å². The van der Waals surface area contributed by atoms with Crippen LogP contribution >= 0.6 is 11.6 Å². The number of hydrogen-bond acceptors (Lipinski definition) is 5. The summed E-state index contributed by atoms with van der Waals surface area (Å²) in [6.45, 7) is 7.04. The zero-order valence-electron chi connectivity index (χ0n) is 19.6. The van der Waals surface area contributed by atoms with Crippen molar-refractivity contribution in [2.45, 2.75) is 52.1 Å². The Morgan fingerprint density at radius 3 is 2.48 bits per heavy atom. The van der Waals surface area contributed by atoms with Crippen LogP contribution in [0.25, 0.3) is 0 Å². The summed E-state index contributed by atoms with van der Waals surface area (Å²) in [4.78, 5) is 26.5. The third-order valence-corrected chi connectivity index (χ3v) is 6.32. The van der Waals surface area contributed by atoms with Gasteiger partial charge in [-0.05, 0) is 81.1 Å². The molecule has 2 aromatic carbocycles. The van der Waals surface area contributed by atoms with Crippen molar-refractivity contribution in [2.24, 2.45) is 5.92 Å². The fraction of sp³-hybridized carbons (Fsp3) is 0.481. The van der Waals surface area contributed by atoms with Gasteiger partial charge in [-0.15, -0.1) is 0 Å². The van der Waals surface area contributed by atoms with Gasteiger partial charge in [0, 0.05) is 29.6 Å². The van der Waals surface area contributed by atoms with Crippen molar-refractivity contribution in [3.05, 3.63) is 64.7 Å². The summed E-state index contributed by atoms with van der Waals surface area (Å²) in [5, 5.41) is 0.609. The number of piperidine rings is 1. The molecule has 33 heavy (non-hydrogen) atoms. The van der Waals surface area contributed by atoms with Gasteiger partial charge < -0.3 is 9.47 Å². The van der Waals surface area contributed by atoms with Gasteiger partial charge in [0.25, 0.3) is 0 Å². The predicted molar refractivity (Wildman–Crippen MR) is 131 cm³/mol. The molecule has 0 radical (unpaired) electrons. The smallest absolute Gasteiger partial charge is 0.302 e. The SMILES string of the molecule is CCCC[C@@H](CN1CCC(COc2cccc(C(=O)c3ccc(Cl)cc3)c2)CC1)OC(C)=O. The lowest BCUT2D eigenvalue weighted by Crippen LogP contribution is -2.41. The minimum Gasteiger partial charge on any atom is -0.493 e. The van der Waals surface area contributed by atoms with E-state index in [4.69, 9.17) is 21.1 Å². The fourth-order valence-electron chi connectivity index (χ4n) is 4.19. The molecule has 0 aliphatic carbocycles. The molecule has 1 aliphatic rings. The number of unbranched alkanes of at least 4 members (excludes halogenated alkanes) is 1. The van der Waals surface area contributed by atoms with Gasteiger partial charge in [-0.1, -0.05) is 37.1 Å². The zero-order chi connectivity index (χ0) is 23.6. The molecule has 0 spiro atoms. The Bertz CT molecular complexity index is 907. The molecule has 0 aromatic heterocycles. The maximum Gasteiger partial charge on any atom is 0.302 e. The van der Waals surface area contributed by atoms with Crippen molar-refractivity contribution in [3.63, 3.8) is 0 Å². The van der Waals surface area contributed by atoms with Gasteiger partial charge in [-0.25, -0.2) is 0 Å². The molecule has 178 valence electrons. The molecule has 6 heteroatoms. The minimum atomic E-state index is -0.198. The molecule has 0 saturated carbocycles. The van der Waals surface area contributed by atoms with Crippen molar-refractivity contribution in [1.29, 1.82) is 0 Å². The number of hydrogen-bond donors (Lipinski definition) is 0. The molecular formula is C27H34ClNO4. The highest BCUT2D eigenvalue weighted by atomic mass is 35.5. The number of rotatable bonds is 11. The molecule has 0 N–H and O–H groups in total. The molecule has 1 atom stereocenters. The number of halogens is 1. The number of carbonyl (C=O) groups excluding carboxylic acids is 2. The molecule has 3 rings (SSSR count). The van der Waals surface area contributed by atoms with Crippen LogP contribution in [-0.4, -0.2) is 49.0 Å².